The highest BCUT2D eigenvalue weighted by Crippen LogP contribution is 2.21. The van der Waals surface area contributed by atoms with E-state index in [9.17, 15) is 14.4 Å². The van der Waals surface area contributed by atoms with Crippen LogP contribution in [0.15, 0.2) is 46.8 Å². The molecule has 0 spiro atoms. The Balaban J connectivity index is 1.37. The Morgan fingerprint density at radius 2 is 1.96 bits per heavy atom. The van der Waals surface area contributed by atoms with Crippen molar-refractivity contribution in [2.24, 2.45) is 0 Å². The minimum absolute atomic E-state index is 0.184. The summed E-state index contributed by atoms with van der Waals surface area (Å²) in [4.78, 5) is 38.8. The monoisotopic (exact) mass is 381 g/mol. The van der Waals surface area contributed by atoms with E-state index in [-0.39, 0.29) is 19.0 Å². The van der Waals surface area contributed by atoms with E-state index in [2.05, 4.69) is 16.5 Å². The van der Waals surface area contributed by atoms with Crippen LogP contribution in [0.5, 0.6) is 0 Å². The summed E-state index contributed by atoms with van der Waals surface area (Å²) < 4.78 is 2.10. The average molecular weight is 381 g/mol. The van der Waals surface area contributed by atoms with Gasteiger partial charge in [-0.1, -0.05) is 29.8 Å². The lowest BCUT2D eigenvalue weighted by molar-refractivity contribution is -0.121. The summed E-state index contributed by atoms with van der Waals surface area (Å²) in [5.74, 6) is 0.0710. The van der Waals surface area contributed by atoms with E-state index in [1.54, 1.807) is 12.1 Å². The number of aromatic nitrogens is 3. The predicted octanol–water partition coefficient (Wildman–Crippen LogP) is 2.04. The molecule has 1 aromatic carbocycles. The highest BCUT2D eigenvalue weighted by Gasteiger charge is 2.33. The van der Waals surface area contributed by atoms with Crippen molar-refractivity contribution in [2.45, 2.75) is 45.2 Å². The van der Waals surface area contributed by atoms with Gasteiger partial charge < -0.3 is 5.32 Å². The molecule has 2 amide bonds. The number of para-hydroxylation sites is 1. The Morgan fingerprint density at radius 1 is 1.14 bits per heavy atom. The van der Waals surface area contributed by atoms with Crippen LogP contribution < -0.4 is 15.9 Å². The van der Waals surface area contributed by atoms with Gasteiger partial charge in [-0.3, -0.25) is 9.69 Å². The Kier molecular flexibility index (Phi) is 5.10. The van der Waals surface area contributed by atoms with Gasteiger partial charge >= 0.3 is 11.7 Å². The van der Waals surface area contributed by atoms with Crippen molar-refractivity contribution in [1.29, 1.82) is 0 Å². The number of anilines is 1. The molecule has 146 valence electrons. The van der Waals surface area contributed by atoms with Crippen LogP contribution in [0.3, 0.4) is 0 Å². The van der Waals surface area contributed by atoms with Crippen LogP contribution in [-0.4, -0.2) is 32.8 Å². The fraction of sp³-hybridized carbons (Fsp3) is 0.400. The minimum Gasteiger partial charge on any atom is -0.354 e. The molecule has 2 aliphatic rings. The molecule has 0 saturated heterocycles. The molecule has 1 N–H and O–H groups in total. The summed E-state index contributed by atoms with van der Waals surface area (Å²) in [6.45, 7) is 0.574. The van der Waals surface area contributed by atoms with Crippen molar-refractivity contribution < 1.29 is 9.59 Å². The number of carbonyl (C=O) groups is 2. The minimum atomic E-state index is -0.580. The van der Waals surface area contributed by atoms with E-state index >= 15 is 0 Å². The number of carbonyl (C=O) groups excluding carboxylic acids is 2. The lowest BCUT2D eigenvalue weighted by Crippen LogP contribution is -2.38. The molecule has 28 heavy (non-hydrogen) atoms. The standard InChI is InChI=1S/C20H23N5O3/c26-18(21-12-11-15-7-3-1-4-8-15)14-24-20(28)25-17(22-24)13-23(19(25)27)16-9-5-2-6-10-16/h2,5-7,9-10H,1,3-4,8,11-14H2,(H,21,26). The number of rotatable bonds is 6. The zero-order valence-corrected chi connectivity index (χ0v) is 15.6. The molecule has 0 saturated carbocycles. The smallest absolute Gasteiger partial charge is 0.354 e. The van der Waals surface area contributed by atoms with Crippen LogP contribution in [0.1, 0.15) is 37.9 Å². The van der Waals surface area contributed by atoms with Gasteiger partial charge in [0.2, 0.25) is 5.91 Å². The third kappa shape index (κ3) is 3.62. The topological polar surface area (TPSA) is 89.2 Å². The van der Waals surface area contributed by atoms with Crippen molar-refractivity contribution in [3.63, 3.8) is 0 Å². The number of amides is 2. The number of nitrogens with one attached hydrogen (secondary N) is 1. The van der Waals surface area contributed by atoms with Gasteiger partial charge in [0.1, 0.15) is 6.54 Å². The molecular weight excluding hydrogens is 358 g/mol. The third-order valence-electron chi connectivity index (χ3n) is 5.14. The molecule has 2 heterocycles. The fourth-order valence-electron chi connectivity index (χ4n) is 3.68. The van der Waals surface area contributed by atoms with Gasteiger partial charge in [0.15, 0.2) is 5.82 Å². The maximum absolute atomic E-state index is 12.6. The number of allylic oxidation sites excluding steroid dienone is 1. The normalized spacial score (nSPS) is 16.1. The van der Waals surface area contributed by atoms with Gasteiger partial charge in [0, 0.05) is 12.2 Å². The molecule has 0 unspecified atom stereocenters. The van der Waals surface area contributed by atoms with E-state index in [4.69, 9.17) is 0 Å². The third-order valence-corrected chi connectivity index (χ3v) is 5.14. The van der Waals surface area contributed by atoms with Gasteiger partial charge in [-0.05, 0) is 44.2 Å². The Bertz CT molecular complexity index is 973. The van der Waals surface area contributed by atoms with Gasteiger partial charge in [0.25, 0.3) is 0 Å². The highest BCUT2D eigenvalue weighted by molar-refractivity contribution is 5.96. The first-order valence-corrected chi connectivity index (χ1v) is 9.64. The number of nitrogens with zero attached hydrogens (tertiary/aromatic N) is 4. The van der Waals surface area contributed by atoms with Crippen molar-refractivity contribution >= 4 is 17.6 Å². The number of fused-ring (bicyclic) bond motifs is 1. The molecule has 8 heteroatoms. The summed E-state index contributed by atoms with van der Waals surface area (Å²) >= 11 is 0. The van der Waals surface area contributed by atoms with Crippen LogP contribution in [-0.2, 0) is 17.9 Å². The first-order chi connectivity index (χ1) is 13.6. The zero-order chi connectivity index (χ0) is 19.5. The molecule has 8 nitrogen and oxygen atoms in total. The van der Waals surface area contributed by atoms with E-state index in [1.807, 2.05) is 18.2 Å². The summed E-state index contributed by atoms with van der Waals surface area (Å²) in [6.07, 6.45) is 7.76. The molecular formula is C20H23N5O3. The summed E-state index contributed by atoms with van der Waals surface area (Å²) in [6, 6.07) is 8.68. The molecule has 4 rings (SSSR count). The Labute approximate surface area is 162 Å². The molecule has 2 aromatic rings. The lowest BCUT2D eigenvalue weighted by atomic mass is 9.97. The van der Waals surface area contributed by atoms with Gasteiger partial charge in [-0.2, -0.15) is 9.67 Å². The second-order valence-electron chi connectivity index (χ2n) is 7.10. The van der Waals surface area contributed by atoms with Crippen molar-refractivity contribution in [3.05, 3.63) is 58.3 Å². The van der Waals surface area contributed by atoms with Crippen LogP contribution in [0.25, 0.3) is 0 Å². The molecule has 0 atom stereocenters. The van der Waals surface area contributed by atoms with Crippen molar-refractivity contribution in [1.82, 2.24) is 19.7 Å². The highest BCUT2D eigenvalue weighted by atomic mass is 16.2. The quantitative estimate of drug-likeness (QED) is 0.776. The maximum atomic E-state index is 12.6. The lowest BCUT2D eigenvalue weighted by Gasteiger charge is -2.14. The maximum Gasteiger partial charge on any atom is 0.354 e. The zero-order valence-electron chi connectivity index (χ0n) is 15.6. The first kappa shape index (κ1) is 18.2. The van der Waals surface area contributed by atoms with Gasteiger partial charge in [-0.25, -0.2) is 14.3 Å². The molecule has 1 aliphatic carbocycles. The number of benzene rings is 1. The Morgan fingerprint density at radius 3 is 2.68 bits per heavy atom. The van der Waals surface area contributed by atoms with Crippen molar-refractivity contribution in [3.8, 4) is 0 Å². The van der Waals surface area contributed by atoms with E-state index in [0.29, 0.717) is 18.1 Å². The second-order valence-corrected chi connectivity index (χ2v) is 7.10. The fourth-order valence-corrected chi connectivity index (χ4v) is 3.68. The predicted molar refractivity (Wildman–Crippen MR) is 104 cm³/mol. The van der Waals surface area contributed by atoms with Crippen LogP contribution in [0.4, 0.5) is 10.5 Å². The molecule has 0 bridgehead atoms. The van der Waals surface area contributed by atoms with Crippen LogP contribution in [0.2, 0.25) is 0 Å². The summed E-state index contributed by atoms with van der Waals surface area (Å²) in [5.41, 5.74) is 1.51. The van der Waals surface area contributed by atoms with E-state index in [1.165, 1.54) is 23.3 Å². The molecule has 0 fully saturated rings. The Hall–Kier alpha value is -3.16. The van der Waals surface area contributed by atoms with E-state index < -0.39 is 11.7 Å². The second kappa shape index (κ2) is 7.84. The van der Waals surface area contributed by atoms with Crippen LogP contribution in [0, 0.1) is 0 Å². The van der Waals surface area contributed by atoms with Crippen LogP contribution >= 0.6 is 0 Å². The number of hydrogen-bond donors (Lipinski definition) is 1. The van der Waals surface area contributed by atoms with E-state index in [0.717, 1.165) is 28.5 Å². The molecule has 1 aliphatic heterocycles. The first-order valence-electron chi connectivity index (χ1n) is 9.64. The van der Waals surface area contributed by atoms with Crippen molar-refractivity contribution in [2.75, 3.05) is 11.4 Å². The average Bonchev–Trinajstić information content (AvgIpc) is 3.20. The summed E-state index contributed by atoms with van der Waals surface area (Å²) in [5, 5.41) is 7.02. The van der Waals surface area contributed by atoms with Gasteiger partial charge in [-0.15, -0.1) is 0 Å². The number of hydrogen-bond acceptors (Lipinski definition) is 4. The van der Waals surface area contributed by atoms with Gasteiger partial charge in [0.05, 0.1) is 6.54 Å². The summed E-state index contributed by atoms with van der Waals surface area (Å²) in [7, 11) is 0. The molecule has 1 aromatic heterocycles. The largest absolute Gasteiger partial charge is 0.354 e. The molecule has 0 radical (unpaired) electrons. The SMILES string of the molecule is O=C(Cn1nc2n(c1=O)C(=O)N(c1ccccc1)C2)NCCC1=CCCCC1.